The van der Waals surface area contributed by atoms with E-state index < -0.39 is 0 Å². The Hall–Kier alpha value is -2.29. The molecule has 1 aliphatic carbocycles. The van der Waals surface area contributed by atoms with Crippen LogP contribution in [0.1, 0.15) is 71.3 Å². The third kappa shape index (κ3) is 4.12. The van der Waals surface area contributed by atoms with Crippen molar-refractivity contribution in [2.24, 2.45) is 22.7 Å². The van der Waals surface area contributed by atoms with Crippen LogP contribution in [-0.2, 0) is 0 Å². The molecule has 0 amide bonds. The number of hydrogen-bond acceptors (Lipinski definition) is 3. The van der Waals surface area contributed by atoms with Crippen LogP contribution in [0.25, 0.3) is 0 Å². The van der Waals surface area contributed by atoms with Gasteiger partial charge in [-0.1, -0.05) is 41.5 Å². The second-order valence-electron chi connectivity index (χ2n) is 10.4. The second-order valence-corrected chi connectivity index (χ2v) is 10.4. The molecule has 2 aromatic carbocycles. The SMILES string of the molecule is CC(C)Oc1ccc(C(=O)c2ccc(OC3C(C)(C)C(C(C)C)C3(C)C)cc2)cc1. The Morgan fingerprint density at radius 3 is 1.60 bits per heavy atom. The number of carbonyl (C=O) groups excluding carboxylic acids is 1. The summed E-state index contributed by atoms with van der Waals surface area (Å²) < 4.78 is 12.1. The number of ketones is 1. The lowest BCUT2D eigenvalue weighted by molar-refractivity contribution is -0.214. The lowest BCUT2D eigenvalue weighted by atomic mass is 9.43. The van der Waals surface area contributed by atoms with Gasteiger partial charge in [0.05, 0.1) is 6.10 Å². The monoisotopic (exact) mass is 408 g/mol. The van der Waals surface area contributed by atoms with E-state index in [1.165, 1.54) is 0 Å². The molecule has 0 N–H and O–H groups in total. The molecule has 162 valence electrons. The van der Waals surface area contributed by atoms with E-state index in [0.717, 1.165) is 11.5 Å². The van der Waals surface area contributed by atoms with E-state index in [1.807, 2.05) is 62.4 Å². The van der Waals surface area contributed by atoms with E-state index in [0.29, 0.717) is 23.0 Å². The first-order valence-corrected chi connectivity index (χ1v) is 11.0. The molecule has 0 aliphatic heterocycles. The van der Waals surface area contributed by atoms with Crippen LogP contribution in [0.3, 0.4) is 0 Å². The van der Waals surface area contributed by atoms with Crippen molar-refractivity contribution in [2.75, 3.05) is 0 Å². The first-order chi connectivity index (χ1) is 13.9. The molecule has 30 heavy (non-hydrogen) atoms. The summed E-state index contributed by atoms with van der Waals surface area (Å²) in [4.78, 5) is 12.8. The van der Waals surface area contributed by atoms with Crippen molar-refractivity contribution in [3.8, 4) is 11.5 Å². The Balaban J connectivity index is 1.70. The van der Waals surface area contributed by atoms with Crippen LogP contribution in [0.15, 0.2) is 48.5 Å². The highest BCUT2D eigenvalue weighted by atomic mass is 16.5. The van der Waals surface area contributed by atoms with Crippen LogP contribution < -0.4 is 9.47 Å². The van der Waals surface area contributed by atoms with Gasteiger partial charge in [0.15, 0.2) is 5.78 Å². The molecule has 0 spiro atoms. The van der Waals surface area contributed by atoms with Crippen LogP contribution in [0.5, 0.6) is 11.5 Å². The van der Waals surface area contributed by atoms with Crippen molar-refractivity contribution in [3.05, 3.63) is 59.7 Å². The third-order valence-corrected chi connectivity index (χ3v) is 6.48. The highest BCUT2D eigenvalue weighted by Crippen LogP contribution is 2.62. The smallest absolute Gasteiger partial charge is 0.193 e. The molecular weight excluding hydrogens is 372 g/mol. The molecule has 0 bridgehead atoms. The topological polar surface area (TPSA) is 35.5 Å². The average Bonchev–Trinajstić information content (AvgIpc) is 2.65. The van der Waals surface area contributed by atoms with Crippen molar-refractivity contribution in [1.29, 1.82) is 0 Å². The fourth-order valence-corrected chi connectivity index (χ4v) is 6.11. The van der Waals surface area contributed by atoms with Gasteiger partial charge < -0.3 is 9.47 Å². The van der Waals surface area contributed by atoms with Gasteiger partial charge in [-0.05, 0) is 74.2 Å². The molecule has 3 nitrogen and oxygen atoms in total. The quantitative estimate of drug-likeness (QED) is 0.473. The van der Waals surface area contributed by atoms with E-state index in [9.17, 15) is 4.79 Å². The Kier molecular flexibility index (Phi) is 6.04. The van der Waals surface area contributed by atoms with Crippen molar-refractivity contribution >= 4 is 5.78 Å². The van der Waals surface area contributed by atoms with E-state index in [-0.39, 0.29) is 28.8 Å². The number of benzene rings is 2. The molecule has 0 atom stereocenters. The van der Waals surface area contributed by atoms with Gasteiger partial charge in [0.1, 0.15) is 17.6 Å². The maximum absolute atomic E-state index is 12.8. The molecule has 3 heteroatoms. The van der Waals surface area contributed by atoms with Gasteiger partial charge >= 0.3 is 0 Å². The summed E-state index contributed by atoms with van der Waals surface area (Å²) in [6.07, 6.45) is 0.257. The lowest BCUT2D eigenvalue weighted by Crippen LogP contribution is -2.67. The lowest BCUT2D eigenvalue weighted by Gasteiger charge is -2.65. The zero-order chi connectivity index (χ0) is 22.3. The van der Waals surface area contributed by atoms with Crippen LogP contribution in [-0.4, -0.2) is 18.0 Å². The third-order valence-electron chi connectivity index (χ3n) is 6.48. The van der Waals surface area contributed by atoms with Gasteiger partial charge in [0.25, 0.3) is 0 Å². The van der Waals surface area contributed by atoms with E-state index in [2.05, 4.69) is 41.5 Å². The van der Waals surface area contributed by atoms with Gasteiger partial charge in [0, 0.05) is 22.0 Å². The standard InChI is InChI=1S/C27H36O3/c1-17(2)24-26(5,6)25(27(24,7)8)30-22-15-11-20(12-16-22)23(28)19-9-13-21(14-10-19)29-18(3)4/h9-18,24-25H,1-8H3. The maximum Gasteiger partial charge on any atom is 0.193 e. The first-order valence-electron chi connectivity index (χ1n) is 11.0. The first kappa shape index (κ1) is 22.4. The number of rotatable bonds is 7. The normalized spacial score (nSPS) is 21.9. The van der Waals surface area contributed by atoms with Gasteiger partial charge in [-0.15, -0.1) is 0 Å². The fourth-order valence-electron chi connectivity index (χ4n) is 6.11. The average molecular weight is 409 g/mol. The highest BCUT2D eigenvalue weighted by molar-refractivity contribution is 6.09. The molecular formula is C27H36O3. The largest absolute Gasteiger partial charge is 0.491 e. The molecule has 1 saturated carbocycles. The summed E-state index contributed by atoms with van der Waals surface area (Å²) >= 11 is 0. The Morgan fingerprint density at radius 1 is 0.767 bits per heavy atom. The van der Waals surface area contributed by atoms with Crippen LogP contribution >= 0.6 is 0 Å². The van der Waals surface area contributed by atoms with Crippen molar-refractivity contribution in [2.45, 2.75) is 67.6 Å². The van der Waals surface area contributed by atoms with Gasteiger partial charge in [-0.2, -0.15) is 0 Å². The molecule has 0 radical (unpaired) electrons. The molecule has 0 saturated heterocycles. The van der Waals surface area contributed by atoms with Gasteiger partial charge in [-0.3, -0.25) is 4.79 Å². The summed E-state index contributed by atoms with van der Waals surface area (Å²) in [5.74, 6) is 2.82. The number of hydrogen-bond donors (Lipinski definition) is 0. The zero-order valence-corrected chi connectivity index (χ0v) is 19.7. The minimum atomic E-state index is 0.00169. The zero-order valence-electron chi connectivity index (χ0n) is 19.7. The molecule has 1 fully saturated rings. The molecule has 3 rings (SSSR count). The van der Waals surface area contributed by atoms with E-state index in [1.54, 1.807) is 0 Å². The second kappa shape index (κ2) is 8.09. The van der Waals surface area contributed by atoms with E-state index in [4.69, 9.17) is 9.47 Å². The van der Waals surface area contributed by atoms with Crippen LogP contribution in [0.2, 0.25) is 0 Å². The maximum atomic E-state index is 12.8. The number of ether oxygens (including phenoxy) is 2. The minimum absolute atomic E-state index is 0.00169. The van der Waals surface area contributed by atoms with Crippen molar-refractivity contribution in [3.63, 3.8) is 0 Å². The Labute approximate surface area is 181 Å². The highest BCUT2D eigenvalue weighted by Gasteiger charge is 2.63. The predicted octanol–water partition coefficient (Wildman–Crippen LogP) is 6.79. The van der Waals surface area contributed by atoms with Crippen molar-refractivity contribution in [1.82, 2.24) is 0 Å². The predicted molar refractivity (Wildman–Crippen MR) is 122 cm³/mol. The van der Waals surface area contributed by atoms with Crippen LogP contribution in [0, 0.1) is 22.7 Å². The summed E-state index contributed by atoms with van der Waals surface area (Å²) in [6.45, 7) is 17.8. The molecule has 0 heterocycles. The van der Waals surface area contributed by atoms with Crippen molar-refractivity contribution < 1.29 is 14.3 Å². The Morgan fingerprint density at radius 2 is 1.20 bits per heavy atom. The summed E-state index contributed by atoms with van der Waals surface area (Å²) in [5.41, 5.74) is 1.55. The number of carbonyl (C=O) groups is 1. The minimum Gasteiger partial charge on any atom is -0.491 e. The summed E-state index contributed by atoms with van der Waals surface area (Å²) in [5, 5.41) is 0. The van der Waals surface area contributed by atoms with Crippen LogP contribution in [0.4, 0.5) is 0 Å². The fraction of sp³-hybridized carbons (Fsp3) is 0.519. The molecule has 0 unspecified atom stereocenters. The summed E-state index contributed by atoms with van der Waals surface area (Å²) in [7, 11) is 0. The van der Waals surface area contributed by atoms with E-state index >= 15 is 0 Å². The Bertz CT molecular complexity index is 857. The molecule has 1 aliphatic rings. The molecule has 2 aromatic rings. The van der Waals surface area contributed by atoms with Gasteiger partial charge in [-0.25, -0.2) is 0 Å². The molecule has 0 aromatic heterocycles. The van der Waals surface area contributed by atoms with Gasteiger partial charge in [0.2, 0.25) is 0 Å². The summed E-state index contributed by atoms with van der Waals surface area (Å²) in [6, 6.07) is 14.9.